The number of carbonyl (C=O) groups excluding carboxylic acids is 1. The first-order valence-electron chi connectivity index (χ1n) is 6.92. The van der Waals surface area contributed by atoms with Crippen LogP contribution in [-0.2, 0) is 0 Å². The van der Waals surface area contributed by atoms with Gasteiger partial charge in [0.05, 0.1) is 24.8 Å². The number of rotatable bonds is 4. The maximum Gasteiger partial charge on any atom is 0.257 e. The molecule has 0 aliphatic rings. The Bertz CT molecular complexity index is 873. The lowest BCUT2D eigenvalue weighted by molar-refractivity contribution is 0.102. The molecule has 118 valence electrons. The van der Waals surface area contributed by atoms with Gasteiger partial charge in [-0.05, 0) is 30.3 Å². The van der Waals surface area contributed by atoms with Gasteiger partial charge in [0.1, 0.15) is 11.5 Å². The van der Waals surface area contributed by atoms with E-state index < -0.39 is 0 Å². The van der Waals surface area contributed by atoms with Crippen molar-refractivity contribution in [3.05, 3.63) is 53.2 Å². The summed E-state index contributed by atoms with van der Waals surface area (Å²) >= 11 is 6.07. The number of aromatic amines is 1. The van der Waals surface area contributed by atoms with E-state index in [1.165, 1.54) is 0 Å². The van der Waals surface area contributed by atoms with Crippen molar-refractivity contribution in [2.75, 3.05) is 19.5 Å². The third-order valence-corrected chi connectivity index (χ3v) is 3.84. The van der Waals surface area contributed by atoms with Crippen LogP contribution in [-0.4, -0.2) is 25.1 Å². The van der Waals surface area contributed by atoms with Gasteiger partial charge < -0.3 is 19.8 Å². The van der Waals surface area contributed by atoms with Gasteiger partial charge >= 0.3 is 0 Å². The number of aromatic nitrogens is 1. The van der Waals surface area contributed by atoms with Gasteiger partial charge in [-0.3, -0.25) is 4.79 Å². The van der Waals surface area contributed by atoms with E-state index in [9.17, 15) is 4.79 Å². The van der Waals surface area contributed by atoms with Gasteiger partial charge in [-0.15, -0.1) is 0 Å². The summed E-state index contributed by atoms with van der Waals surface area (Å²) in [5.41, 5.74) is 1.99. The monoisotopic (exact) mass is 330 g/mol. The van der Waals surface area contributed by atoms with Crippen molar-refractivity contribution in [3.8, 4) is 11.5 Å². The number of halogens is 1. The van der Waals surface area contributed by atoms with E-state index in [1.807, 2.05) is 18.2 Å². The number of hydrogen-bond donors (Lipinski definition) is 2. The first-order valence-corrected chi connectivity index (χ1v) is 7.30. The fourth-order valence-corrected chi connectivity index (χ4v) is 2.62. The number of nitrogens with one attached hydrogen (secondary N) is 2. The summed E-state index contributed by atoms with van der Waals surface area (Å²) in [5, 5.41) is 4.09. The van der Waals surface area contributed by atoms with E-state index in [1.54, 1.807) is 38.6 Å². The van der Waals surface area contributed by atoms with Crippen molar-refractivity contribution >= 4 is 34.1 Å². The normalized spacial score (nSPS) is 10.6. The second kappa shape index (κ2) is 6.22. The van der Waals surface area contributed by atoms with Crippen LogP contribution in [0.2, 0.25) is 5.02 Å². The lowest BCUT2D eigenvalue weighted by atomic mass is 10.1. The Morgan fingerprint density at radius 2 is 1.96 bits per heavy atom. The molecule has 5 nitrogen and oxygen atoms in total. The van der Waals surface area contributed by atoms with E-state index in [0.717, 1.165) is 16.7 Å². The molecular weight excluding hydrogens is 316 g/mol. The highest BCUT2D eigenvalue weighted by Gasteiger charge is 2.13. The van der Waals surface area contributed by atoms with Crippen LogP contribution in [0.5, 0.6) is 11.5 Å². The maximum absolute atomic E-state index is 12.5. The standard InChI is InChI=1S/C17H15ClN2O3/c1-22-11-4-5-12-13(9-19-15(12)8-11)17(21)20-10-3-6-16(23-2)14(18)7-10/h3-9,19H,1-2H3,(H,20,21). The van der Waals surface area contributed by atoms with Crippen molar-refractivity contribution in [1.82, 2.24) is 4.98 Å². The lowest BCUT2D eigenvalue weighted by Gasteiger charge is -2.07. The summed E-state index contributed by atoms with van der Waals surface area (Å²) < 4.78 is 10.3. The molecule has 23 heavy (non-hydrogen) atoms. The fourth-order valence-electron chi connectivity index (χ4n) is 2.36. The number of carbonyl (C=O) groups is 1. The summed E-state index contributed by atoms with van der Waals surface area (Å²) in [5.74, 6) is 1.07. The SMILES string of the molecule is COc1ccc2c(C(=O)Nc3ccc(OC)c(Cl)c3)c[nH]c2c1. The van der Waals surface area contributed by atoms with Crippen molar-refractivity contribution in [3.63, 3.8) is 0 Å². The highest BCUT2D eigenvalue weighted by molar-refractivity contribution is 6.32. The molecule has 0 saturated carbocycles. The molecule has 0 fully saturated rings. The van der Waals surface area contributed by atoms with Crippen LogP contribution in [0.25, 0.3) is 10.9 Å². The number of fused-ring (bicyclic) bond motifs is 1. The van der Waals surface area contributed by atoms with Crippen LogP contribution in [0.4, 0.5) is 5.69 Å². The Labute approximate surface area is 138 Å². The van der Waals surface area contributed by atoms with Crippen molar-refractivity contribution in [2.24, 2.45) is 0 Å². The average Bonchev–Trinajstić information content (AvgIpc) is 2.98. The number of hydrogen-bond acceptors (Lipinski definition) is 3. The summed E-state index contributed by atoms with van der Waals surface area (Å²) in [6.45, 7) is 0. The minimum Gasteiger partial charge on any atom is -0.497 e. The molecule has 1 aromatic heterocycles. The van der Waals surface area contributed by atoms with E-state index in [-0.39, 0.29) is 5.91 Å². The molecule has 0 aliphatic carbocycles. The van der Waals surface area contributed by atoms with Gasteiger partial charge in [0.2, 0.25) is 0 Å². The zero-order valence-electron chi connectivity index (χ0n) is 12.6. The molecule has 0 saturated heterocycles. The molecule has 3 rings (SSSR count). The zero-order valence-corrected chi connectivity index (χ0v) is 13.4. The van der Waals surface area contributed by atoms with Crippen molar-refractivity contribution in [2.45, 2.75) is 0 Å². The van der Waals surface area contributed by atoms with Crippen LogP contribution >= 0.6 is 11.6 Å². The first kappa shape index (κ1) is 15.2. The zero-order chi connectivity index (χ0) is 16.4. The quantitative estimate of drug-likeness (QED) is 0.757. The number of benzene rings is 2. The molecule has 3 aromatic rings. The number of amides is 1. The van der Waals surface area contributed by atoms with Crippen LogP contribution < -0.4 is 14.8 Å². The van der Waals surface area contributed by atoms with Crippen LogP contribution in [0.15, 0.2) is 42.6 Å². The smallest absolute Gasteiger partial charge is 0.257 e. The second-order valence-corrected chi connectivity index (χ2v) is 5.32. The topological polar surface area (TPSA) is 63.4 Å². The van der Waals surface area contributed by atoms with Gasteiger partial charge in [-0.2, -0.15) is 0 Å². The van der Waals surface area contributed by atoms with Gasteiger partial charge in [0.25, 0.3) is 5.91 Å². The molecule has 0 aliphatic heterocycles. The fraction of sp³-hybridized carbons (Fsp3) is 0.118. The molecule has 2 N–H and O–H groups in total. The molecule has 0 unspecified atom stereocenters. The summed E-state index contributed by atoms with van der Waals surface area (Å²) in [6, 6.07) is 10.6. The largest absolute Gasteiger partial charge is 0.497 e. The van der Waals surface area contributed by atoms with E-state index in [2.05, 4.69) is 10.3 Å². The van der Waals surface area contributed by atoms with Gasteiger partial charge in [0.15, 0.2) is 0 Å². The Morgan fingerprint density at radius 3 is 2.65 bits per heavy atom. The molecule has 0 radical (unpaired) electrons. The molecule has 0 spiro atoms. The van der Waals surface area contributed by atoms with Crippen molar-refractivity contribution < 1.29 is 14.3 Å². The Hall–Kier alpha value is -2.66. The summed E-state index contributed by atoms with van der Waals surface area (Å²) in [6.07, 6.45) is 1.67. The van der Waals surface area contributed by atoms with Crippen LogP contribution in [0.3, 0.4) is 0 Å². The van der Waals surface area contributed by atoms with E-state index in [0.29, 0.717) is 22.0 Å². The molecule has 0 bridgehead atoms. The third kappa shape index (κ3) is 2.96. The van der Waals surface area contributed by atoms with E-state index in [4.69, 9.17) is 21.1 Å². The molecule has 0 atom stereocenters. The second-order valence-electron chi connectivity index (χ2n) is 4.92. The predicted molar refractivity (Wildman–Crippen MR) is 90.8 cm³/mol. The van der Waals surface area contributed by atoms with E-state index >= 15 is 0 Å². The molecule has 2 aromatic carbocycles. The van der Waals surface area contributed by atoms with Gasteiger partial charge in [-0.25, -0.2) is 0 Å². The molecule has 1 amide bonds. The number of anilines is 1. The average molecular weight is 331 g/mol. The predicted octanol–water partition coefficient (Wildman–Crippen LogP) is 4.09. The van der Waals surface area contributed by atoms with Crippen LogP contribution in [0.1, 0.15) is 10.4 Å². The number of H-pyrrole nitrogens is 1. The Kier molecular flexibility index (Phi) is 4.12. The number of methoxy groups -OCH3 is 2. The highest BCUT2D eigenvalue weighted by Crippen LogP contribution is 2.28. The van der Waals surface area contributed by atoms with Crippen LogP contribution in [0, 0.1) is 0 Å². The van der Waals surface area contributed by atoms with Gasteiger partial charge in [0, 0.05) is 28.9 Å². The maximum atomic E-state index is 12.5. The summed E-state index contributed by atoms with van der Waals surface area (Å²) in [4.78, 5) is 15.5. The highest BCUT2D eigenvalue weighted by atomic mass is 35.5. The first-order chi connectivity index (χ1) is 11.1. The summed E-state index contributed by atoms with van der Waals surface area (Å²) in [7, 11) is 3.14. The lowest BCUT2D eigenvalue weighted by Crippen LogP contribution is -2.11. The third-order valence-electron chi connectivity index (χ3n) is 3.54. The number of ether oxygens (including phenoxy) is 2. The molecular formula is C17H15ClN2O3. The minimum atomic E-state index is -0.220. The Balaban J connectivity index is 1.87. The Morgan fingerprint density at radius 1 is 1.13 bits per heavy atom. The molecule has 1 heterocycles. The van der Waals surface area contributed by atoms with Crippen molar-refractivity contribution in [1.29, 1.82) is 0 Å². The minimum absolute atomic E-state index is 0.220. The van der Waals surface area contributed by atoms with Gasteiger partial charge in [-0.1, -0.05) is 11.6 Å². The molecule has 6 heteroatoms.